The number of aromatic amines is 1. The molecule has 0 aliphatic rings. The van der Waals surface area contributed by atoms with E-state index in [1.54, 1.807) is 0 Å². The van der Waals surface area contributed by atoms with E-state index in [4.69, 9.17) is 16.6 Å². The Hall–Kier alpha value is -2.59. The first-order valence-corrected chi connectivity index (χ1v) is 8.85. The van der Waals surface area contributed by atoms with Crippen LogP contribution in [0.25, 0.3) is 34.2 Å². The summed E-state index contributed by atoms with van der Waals surface area (Å²) in [6.07, 6.45) is 3.96. The molecule has 2 aromatic carbocycles. The number of rotatable bonds is 4. The van der Waals surface area contributed by atoms with Crippen LogP contribution in [0, 0.1) is 13.8 Å². The molecule has 0 atom stereocenters. The van der Waals surface area contributed by atoms with Gasteiger partial charge in [-0.05, 0) is 61.4 Å². The molecule has 0 aliphatic carbocycles. The van der Waals surface area contributed by atoms with Crippen LogP contribution in [-0.2, 0) is 6.54 Å². The van der Waals surface area contributed by atoms with E-state index in [-0.39, 0.29) is 0 Å². The Balaban J connectivity index is 1.75. The van der Waals surface area contributed by atoms with Crippen molar-refractivity contribution in [1.82, 2.24) is 19.5 Å². The molecule has 0 amide bonds. The van der Waals surface area contributed by atoms with Gasteiger partial charge in [-0.25, -0.2) is 9.97 Å². The Morgan fingerprint density at radius 2 is 1.76 bits per heavy atom. The third-order valence-corrected chi connectivity index (χ3v) is 4.46. The summed E-state index contributed by atoms with van der Waals surface area (Å²) in [6, 6.07) is 12.5. The number of aromatic nitrogens is 4. The van der Waals surface area contributed by atoms with Crippen molar-refractivity contribution in [2.24, 2.45) is 0 Å². The molecular formula is C20H19ClN4. The van der Waals surface area contributed by atoms with Crippen molar-refractivity contribution >= 4 is 45.8 Å². The standard InChI is InChI=1S/C20H19ClN4/c1-13-3-5-15-17(11-13)23-19(22-15)7-8-20-24-16-6-4-14(2)12-18(16)25(20)10-9-21/h3-8,11-12H,9-10H2,1-2H3,(H,22,23). The van der Waals surface area contributed by atoms with Crippen molar-refractivity contribution in [3.8, 4) is 0 Å². The van der Waals surface area contributed by atoms with Crippen LogP contribution in [0.4, 0.5) is 0 Å². The summed E-state index contributed by atoms with van der Waals surface area (Å²) in [5, 5.41) is 0. The molecule has 0 saturated heterocycles. The molecule has 0 bridgehead atoms. The van der Waals surface area contributed by atoms with Gasteiger partial charge in [0.1, 0.15) is 11.6 Å². The lowest BCUT2D eigenvalue weighted by molar-refractivity contribution is 0.783. The second-order valence-corrected chi connectivity index (χ2v) is 6.66. The molecule has 0 aliphatic heterocycles. The minimum atomic E-state index is 0.546. The Labute approximate surface area is 151 Å². The van der Waals surface area contributed by atoms with E-state index in [0.717, 1.165) is 40.3 Å². The van der Waals surface area contributed by atoms with Gasteiger partial charge < -0.3 is 9.55 Å². The van der Waals surface area contributed by atoms with Crippen LogP contribution in [0.3, 0.4) is 0 Å². The van der Waals surface area contributed by atoms with Crippen LogP contribution >= 0.6 is 11.6 Å². The van der Waals surface area contributed by atoms with E-state index >= 15 is 0 Å². The number of benzene rings is 2. The fraction of sp³-hybridized carbons (Fsp3) is 0.200. The van der Waals surface area contributed by atoms with Gasteiger partial charge in [0, 0.05) is 12.4 Å². The monoisotopic (exact) mass is 350 g/mol. The van der Waals surface area contributed by atoms with Crippen LogP contribution in [0.1, 0.15) is 22.8 Å². The Morgan fingerprint density at radius 3 is 2.56 bits per heavy atom. The molecule has 0 fully saturated rings. The molecule has 0 unspecified atom stereocenters. The summed E-state index contributed by atoms with van der Waals surface area (Å²) < 4.78 is 2.15. The number of halogens is 1. The highest BCUT2D eigenvalue weighted by atomic mass is 35.5. The van der Waals surface area contributed by atoms with Crippen molar-refractivity contribution in [2.45, 2.75) is 20.4 Å². The maximum Gasteiger partial charge on any atom is 0.133 e. The zero-order valence-corrected chi connectivity index (χ0v) is 15.0. The molecule has 0 radical (unpaired) electrons. The highest BCUT2D eigenvalue weighted by molar-refractivity contribution is 6.17. The van der Waals surface area contributed by atoms with Crippen molar-refractivity contribution in [3.63, 3.8) is 0 Å². The number of nitrogens with zero attached hydrogens (tertiary/aromatic N) is 3. The average Bonchev–Trinajstić information content (AvgIpc) is 3.14. The van der Waals surface area contributed by atoms with E-state index in [0.29, 0.717) is 5.88 Å². The first kappa shape index (κ1) is 15.9. The van der Waals surface area contributed by atoms with Gasteiger partial charge in [-0.3, -0.25) is 0 Å². The fourth-order valence-corrected chi connectivity index (χ4v) is 3.24. The van der Waals surface area contributed by atoms with E-state index < -0.39 is 0 Å². The first-order chi connectivity index (χ1) is 12.1. The SMILES string of the molecule is Cc1ccc2nc(C=Cc3nc4ccc(C)cc4n3CCCl)[nH]c2c1. The quantitative estimate of drug-likeness (QED) is 0.530. The van der Waals surface area contributed by atoms with Gasteiger partial charge in [0.15, 0.2) is 0 Å². The molecule has 4 nitrogen and oxygen atoms in total. The zero-order valence-electron chi connectivity index (χ0n) is 14.3. The number of imidazole rings is 2. The topological polar surface area (TPSA) is 46.5 Å². The summed E-state index contributed by atoms with van der Waals surface area (Å²) in [5.74, 6) is 2.25. The number of nitrogens with one attached hydrogen (secondary N) is 1. The minimum absolute atomic E-state index is 0.546. The normalized spacial score (nSPS) is 12.0. The third-order valence-electron chi connectivity index (χ3n) is 4.29. The smallest absolute Gasteiger partial charge is 0.133 e. The van der Waals surface area contributed by atoms with Crippen LogP contribution in [0.15, 0.2) is 36.4 Å². The number of aryl methyl sites for hydroxylation is 3. The maximum absolute atomic E-state index is 6.00. The van der Waals surface area contributed by atoms with E-state index in [9.17, 15) is 0 Å². The largest absolute Gasteiger partial charge is 0.338 e. The van der Waals surface area contributed by atoms with Crippen molar-refractivity contribution in [3.05, 3.63) is 59.2 Å². The van der Waals surface area contributed by atoms with Crippen molar-refractivity contribution in [1.29, 1.82) is 0 Å². The first-order valence-electron chi connectivity index (χ1n) is 8.31. The van der Waals surface area contributed by atoms with Gasteiger partial charge in [0.05, 0.1) is 22.1 Å². The number of alkyl halides is 1. The van der Waals surface area contributed by atoms with E-state index in [1.807, 2.05) is 18.2 Å². The second kappa shape index (κ2) is 6.37. The van der Waals surface area contributed by atoms with E-state index in [1.165, 1.54) is 11.1 Å². The molecule has 0 spiro atoms. The number of H-pyrrole nitrogens is 1. The van der Waals surface area contributed by atoms with Crippen molar-refractivity contribution in [2.75, 3.05) is 5.88 Å². The summed E-state index contributed by atoms with van der Waals surface area (Å²) in [4.78, 5) is 12.7. The van der Waals surface area contributed by atoms with Gasteiger partial charge in [-0.15, -0.1) is 11.6 Å². The Morgan fingerprint density at radius 1 is 1.00 bits per heavy atom. The van der Waals surface area contributed by atoms with Crippen LogP contribution in [0.5, 0.6) is 0 Å². The Kier molecular flexibility index (Phi) is 4.06. The van der Waals surface area contributed by atoms with Gasteiger partial charge in [-0.1, -0.05) is 12.1 Å². The third kappa shape index (κ3) is 3.05. The van der Waals surface area contributed by atoms with Crippen LogP contribution in [0.2, 0.25) is 0 Å². The lowest BCUT2D eigenvalue weighted by Crippen LogP contribution is -2.01. The predicted molar refractivity (Wildman–Crippen MR) is 105 cm³/mol. The fourth-order valence-electron chi connectivity index (χ4n) is 3.07. The molecule has 2 heterocycles. The molecule has 1 N–H and O–H groups in total. The number of hydrogen-bond donors (Lipinski definition) is 1. The lowest BCUT2D eigenvalue weighted by Gasteiger charge is -2.04. The summed E-state index contributed by atoms with van der Waals surface area (Å²) >= 11 is 6.00. The lowest BCUT2D eigenvalue weighted by atomic mass is 10.2. The summed E-state index contributed by atoms with van der Waals surface area (Å²) in [5.41, 5.74) is 6.54. The molecule has 4 aromatic rings. The van der Waals surface area contributed by atoms with Crippen LogP contribution in [-0.4, -0.2) is 25.4 Å². The number of hydrogen-bond acceptors (Lipinski definition) is 2. The second-order valence-electron chi connectivity index (χ2n) is 6.28. The highest BCUT2D eigenvalue weighted by Gasteiger charge is 2.09. The summed E-state index contributed by atoms with van der Waals surface area (Å²) in [6.45, 7) is 4.89. The van der Waals surface area contributed by atoms with Gasteiger partial charge in [-0.2, -0.15) is 0 Å². The molecule has 4 rings (SSSR count). The van der Waals surface area contributed by atoms with Gasteiger partial charge >= 0.3 is 0 Å². The molecular weight excluding hydrogens is 332 g/mol. The zero-order chi connectivity index (χ0) is 17.4. The molecule has 25 heavy (non-hydrogen) atoms. The predicted octanol–water partition coefficient (Wildman–Crippen LogP) is 4.94. The van der Waals surface area contributed by atoms with Crippen molar-refractivity contribution < 1.29 is 0 Å². The molecule has 0 saturated carbocycles. The van der Waals surface area contributed by atoms with Gasteiger partial charge in [0.25, 0.3) is 0 Å². The molecule has 126 valence electrons. The maximum atomic E-state index is 6.00. The van der Waals surface area contributed by atoms with Gasteiger partial charge in [0.2, 0.25) is 0 Å². The van der Waals surface area contributed by atoms with Crippen LogP contribution < -0.4 is 0 Å². The highest BCUT2D eigenvalue weighted by Crippen LogP contribution is 2.20. The minimum Gasteiger partial charge on any atom is -0.338 e. The Bertz CT molecular complexity index is 1090. The average molecular weight is 351 g/mol. The molecule has 2 aromatic heterocycles. The molecule has 5 heteroatoms. The van der Waals surface area contributed by atoms with E-state index in [2.05, 4.69) is 58.7 Å². The number of fused-ring (bicyclic) bond motifs is 2. The summed E-state index contributed by atoms with van der Waals surface area (Å²) in [7, 11) is 0.